The van der Waals surface area contributed by atoms with Crippen LogP contribution in [0.1, 0.15) is 19.9 Å². The summed E-state index contributed by atoms with van der Waals surface area (Å²) >= 11 is 1.36. The number of hydrogen-bond donors (Lipinski definition) is 1. The molecule has 2 aromatic heterocycles. The van der Waals surface area contributed by atoms with Crippen LogP contribution in [0.4, 0.5) is 5.82 Å². The average Bonchev–Trinajstić information content (AvgIpc) is 2.95. The second kappa shape index (κ2) is 5.87. The van der Waals surface area contributed by atoms with Gasteiger partial charge < -0.3 is 9.88 Å². The van der Waals surface area contributed by atoms with E-state index in [2.05, 4.69) is 20.6 Å². The van der Waals surface area contributed by atoms with E-state index in [9.17, 15) is 4.79 Å². The minimum Gasteiger partial charge on any atom is -0.308 e. The Morgan fingerprint density at radius 2 is 2.32 bits per heavy atom. The first-order chi connectivity index (χ1) is 9.06. The molecule has 0 aliphatic heterocycles. The third kappa shape index (κ3) is 3.57. The Labute approximate surface area is 115 Å². The zero-order valence-corrected chi connectivity index (χ0v) is 11.9. The fourth-order valence-electron chi connectivity index (χ4n) is 1.48. The Kier molecular flexibility index (Phi) is 4.20. The van der Waals surface area contributed by atoms with Gasteiger partial charge in [-0.1, -0.05) is 11.8 Å². The molecule has 0 spiro atoms. The molecule has 0 saturated carbocycles. The highest BCUT2D eigenvalue weighted by molar-refractivity contribution is 7.99. The van der Waals surface area contributed by atoms with Gasteiger partial charge in [-0.15, -0.1) is 10.2 Å². The number of thioether (sulfide) groups is 1. The molecule has 1 amide bonds. The van der Waals surface area contributed by atoms with Gasteiger partial charge in [0.2, 0.25) is 5.91 Å². The van der Waals surface area contributed by atoms with E-state index >= 15 is 0 Å². The summed E-state index contributed by atoms with van der Waals surface area (Å²) in [6.07, 6.45) is 3.45. The molecule has 8 heteroatoms. The summed E-state index contributed by atoms with van der Waals surface area (Å²) in [6.45, 7) is 4.09. The van der Waals surface area contributed by atoms with Crippen LogP contribution in [0.2, 0.25) is 0 Å². The fraction of sp³-hybridized carbons (Fsp3) is 0.455. The third-order valence-electron chi connectivity index (χ3n) is 2.41. The standard InChI is InChI=1S/C11H16N6OS/c1-8(2)17-7-12-14-11(17)19-6-10(18)13-9-4-5-16(3)15-9/h4-5,7-8H,6H2,1-3H3,(H,13,15,18). The SMILES string of the molecule is CC(C)n1cnnc1SCC(=O)Nc1ccn(C)n1. The first-order valence-corrected chi connectivity index (χ1v) is 6.86. The average molecular weight is 280 g/mol. The molecule has 0 aliphatic rings. The number of nitrogens with zero attached hydrogens (tertiary/aromatic N) is 5. The summed E-state index contributed by atoms with van der Waals surface area (Å²) in [5, 5.41) is 15.4. The van der Waals surface area contributed by atoms with Gasteiger partial charge in [0.25, 0.3) is 0 Å². The van der Waals surface area contributed by atoms with Crippen molar-refractivity contribution >= 4 is 23.5 Å². The molecular formula is C11H16N6OS. The Hall–Kier alpha value is -1.83. The molecule has 2 aromatic rings. The summed E-state index contributed by atoms with van der Waals surface area (Å²) in [7, 11) is 1.80. The lowest BCUT2D eigenvalue weighted by Crippen LogP contribution is -2.15. The number of amides is 1. The second-order valence-corrected chi connectivity index (χ2v) is 5.27. The van der Waals surface area contributed by atoms with Crippen LogP contribution >= 0.6 is 11.8 Å². The summed E-state index contributed by atoms with van der Waals surface area (Å²) in [5.74, 6) is 0.725. The van der Waals surface area contributed by atoms with Crippen LogP contribution in [0.5, 0.6) is 0 Å². The van der Waals surface area contributed by atoms with Crippen LogP contribution in [0.25, 0.3) is 0 Å². The van der Waals surface area contributed by atoms with E-state index in [1.807, 2.05) is 18.4 Å². The van der Waals surface area contributed by atoms with Crippen LogP contribution in [0.15, 0.2) is 23.7 Å². The predicted octanol–water partition coefficient (Wildman–Crippen LogP) is 1.32. The van der Waals surface area contributed by atoms with Gasteiger partial charge in [-0.05, 0) is 13.8 Å². The van der Waals surface area contributed by atoms with Gasteiger partial charge >= 0.3 is 0 Å². The highest BCUT2D eigenvalue weighted by Crippen LogP contribution is 2.18. The summed E-state index contributed by atoms with van der Waals surface area (Å²) in [4.78, 5) is 11.8. The molecule has 0 aliphatic carbocycles. The molecule has 2 rings (SSSR count). The predicted molar refractivity (Wildman–Crippen MR) is 73.0 cm³/mol. The number of carbonyl (C=O) groups excluding carboxylic acids is 1. The van der Waals surface area contributed by atoms with Crippen LogP contribution in [-0.2, 0) is 11.8 Å². The van der Waals surface area contributed by atoms with Crippen molar-refractivity contribution in [2.75, 3.05) is 11.1 Å². The van der Waals surface area contributed by atoms with Crippen LogP contribution in [0, 0.1) is 0 Å². The van der Waals surface area contributed by atoms with Gasteiger partial charge in [-0.25, -0.2) is 0 Å². The van der Waals surface area contributed by atoms with Crippen molar-refractivity contribution in [3.05, 3.63) is 18.6 Å². The topological polar surface area (TPSA) is 77.6 Å². The highest BCUT2D eigenvalue weighted by Gasteiger charge is 2.11. The molecule has 0 bridgehead atoms. The molecule has 102 valence electrons. The third-order valence-corrected chi connectivity index (χ3v) is 3.37. The fourth-order valence-corrected chi connectivity index (χ4v) is 2.32. The Morgan fingerprint density at radius 1 is 1.53 bits per heavy atom. The smallest absolute Gasteiger partial charge is 0.236 e. The minimum atomic E-state index is -0.109. The second-order valence-electron chi connectivity index (χ2n) is 4.33. The van der Waals surface area contributed by atoms with E-state index in [0.29, 0.717) is 5.82 Å². The summed E-state index contributed by atoms with van der Waals surface area (Å²) in [6, 6.07) is 2.02. The molecule has 0 radical (unpaired) electrons. The molecule has 0 aromatic carbocycles. The zero-order valence-electron chi connectivity index (χ0n) is 11.1. The molecule has 0 unspecified atom stereocenters. The molecular weight excluding hydrogens is 264 g/mol. The maximum Gasteiger partial charge on any atom is 0.236 e. The number of aromatic nitrogens is 5. The lowest BCUT2D eigenvalue weighted by atomic mass is 10.4. The van der Waals surface area contributed by atoms with Gasteiger partial charge in [0, 0.05) is 25.4 Å². The van der Waals surface area contributed by atoms with Gasteiger partial charge in [-0.3, -0.25) is 9.48 Å². The van der Waals surface area contributed by atoms with E-state index in [0.717, 1.165) is 5.16 Å². The molecule has 0 atom stereocenters. The van der Waals surface area contributed by atoms with Crippen molar-refractivity contribution < 1.29 is 4.79 Å². The van der Waals surface area contributed by atoms with E-state index in [-0.39, 0.29) is 17.7 Å². The first kappa shape index (κ1) is 13.6. The van der Waals surface area contributed by atoms with Crippen molar-refractivity contribution in [3.8, 4) is 0 Å². The number of carbonyl (C=O) groups is 1. The van der Waals surface area contributed by atoms with Crippen LogP contribution < -0.4 is 5.32 Å². The van der Waals surface area contributed by atoms with Gasteiger partial charge in [0.15, 0.2) is 11.0 Å². The highest BCUT2D eigenvalue weighted by atomic mass is 32.2. The number of nitrogens with one attached hydrogen (secondary N) is 1. The molecule has 2 heterocycles. The number of rotatable bonds is 5. The Bertz CT molecular complexity index is 561. The Morgan fingerprint density at radius 3 is 2.95 bits per heavy atom. The van der Waals surface area contributed by atoms with E-state index < -0.39 is 0 Å². The maximum atomic E-state index is 11.8. The van der Waals surface area contributed by atoms with E-state index in [1.54, 1.807) is 30.3 Å². The molecule has 7 nitrogen and oxygen atoms in total. The Balaban J connectivity index is 1.88. The van der Waals surface area contributed by atoms with Crippen molar-refractivity contribution in [2.24, 2.45) is 7.05 Å². The maximum absolute atomic E-state index is 11.8. The van der Waals surface area contributed by atoms with Gasteiger partial charge in [-0.2, -0.15) is 5.10 Å². The van der Waals surface area contributed by atoms with Crippen LogP contribution in [-0.4, -0.2) is 36.2 Å². The molecule has 19 heavy (non-hydrogen) atoms. The molecule has 0 saturated heterocycles. The lowest BCUT2D eigenvalue weighted by Gasteiger charge is -2.08. The van der Waals surface area contributed by atoms with Crippen molar-refractivity contribution in [2.45, 2.75) is 25.0 Å². The van der Waals surface area contributed by atoms with Crippen molar-refractivity contribution in [3.63, 3.8) is 0 Å². The largest absolute Gasteiger partial charge is 0.308 e. The zero-order chi connectivity index (χ0) is 13.8. The minimum absolute atomic E-state index is 0.109. The van der Waals surface area contributed by atoms with Gasteiger partial charge in [0.05, 0.1) is 5.75 Å². The van der Waals surface area contributed by atoms with Crippen molar-refractivity contribution in [1.29, 1.82) is 0 Å². The quantitative estimate of drug-likeness (QED) is 0.836. The van der Waals surface area contributed by atoms with Gasteiger partial charge in [0.1, 0.15) is 6.33 Å². The molecule has 0 fully saturated rings. The van der Waals surface area contributed by atoms with E-state index in [1.165, 1.54) is 11.8 Å². The summed E-state index contributed by atoms with van der Waals surface area (Å²) < 4.78 is 3.57. The van der Waals surface area contributed by atoms with Crippen LogP contribution in [0.3, 0.4) is 0 Å². The lowest BCUT2D eigenvalue weighted by molar-refractivity contribution is -0.113. The normalized spacial score (nSPS) is 10.9. The van der Waals surface area contributed by atoms with Crippen molar-refractivity contribution in [1.82, 2.24) is 24.5 Å². The first-order valence-electron chi connectivity index (χ1n) is 5.88. The number of aryl methyl sites for hydroxylation is 1. The number of anilines is 1. The monoisotopic (exact) mass is 280 g/mol. The molecule has 1 N–H and O–H groups in total. The summed E-state index contributed by atoms with van der Waals surface area (Å²) in [5.41, 5.74) is 0. The van der Waals surface area contributed by atoms with E-state index in [4.69, 9.17) is 0 Å². The number of hydrogen-bond acceptors (Lipinski definition) is 5.